The summed E-state index contributed by atoms with van der Waals surface area (Å²) in [5, 5.41) is 12.1. The quantitative estimate of drug-likeness (QED) is 0.409. The fraction of sp³-hybridized carbons (Fsp3) is 0.300. The summed E-state index contributed by atoms with van der Waals surface area (Å²) in [4.78, 5) is 28.7. The van der Waals surface area contributed by atoms with Gasteiger partial charge in [0, 0.05) is 0 Å². The van der Waals surface area contributed by atoms with Crippen LogP contribution >= 0.6 is 11.3 Å². The van der Waals surface area contributed by atoms with Crippen molar-refractivity contribution < 1.29 is 19.1 Å². The third-order valence-electron chi connectivity index (χ3n) is 3.51. The van der Waals surface area contributed by atoms with Crippen LogP contribution in [0.2, 0.25) is 0 Å². The second-order valence-corrected chi connectivity index (χ2v) is 6.69. The van der Waals surface area contributed by atoms with Crippen molar-refractivity contribution in [1.29, 1.82) is 5.26 Å². The number of aromatic nitrogens is 1. The second kappa shape index (κ2) is 10.2. The zero-order valence-corrected chi connectivity index (χ0v) is 16.8. The van der Waals surface area contributed by atoms with Gasteiger partial charge in [-0.1, -0.05) is 30.4 Å². The number of carbonyl (C=O) groups is 2. The third-order valence-corrected chi connectivity index (χ3v) is 4.56. The van der Waals surface area contributed by atoms with Gasteiger partial charge in [-0.2, -0.15) is 5.26 Å². The maximum atomic E-state index is 12.4. The smallest absolute Gasteiger partial charge is 0.350 e. The van der Waals surface area contributed by atoms with Crippen LogP contribution in [0, 0.1) is 18.3 Å². The first-order valence-corrected chi connectivity index (χ1v) is 9.60. The number of benzene rings is 1. The van der Waals surface area contributed by atoms with E-state index in [9.17, 15) is 14.9 Å². The Kier molecular flexibility index (Phi) is 7.72. The van der Waals surface area contributed by atoms with Crippen LogP contribution in [0.15, 0.2) is 29.8 Å². The molecule has 7 nitrogen and oxygen atoms in total. The summed E-state index contributed by atoms with van der Waals surface area (Å²) in [6.45, 7) is 6.27. The van der Waals surface area contributed by atoms with Crippen molar-refractivity contribution in [2.45, 2.75) is 27.2 Å². The molecular weight excluding hydrogens is 378 g/mol. The van der Waals surface area contributed by atoms with Crippen molar-refractivity contribution in [1.82, 2.24) is 4.98 Å². The average molecular weight is 399 g/mol. The van der Waals surface area contributed by atoms with E-state index in [2.05, 4.69) is 10.3 Å². The molecule has 28 heavy (non-hydrogen) atoms. The minimum absolute atomic E-state index is 0.0761. The van der Waals surface area contributed by atoms with Crippen molar-refractivity contribution in [2.75, 3.05) is 18.5 Å². The SMILES string of the molecule is CCCOc1ccc(/C=C(/C#N)C(=O)Nc2nc(C)c(C(=O)OCC)s2)cc1. The second-order valence-electron chi connectivity index (χ2n) is 5.70. The number of carbonyl (C=O) groups excluding carboxylic acids is 2. The lowest BCUT2D eigenvalue weighted by Crippen LogP contribution is -2.13. The Morgan fingerprint density at radius 2 is 2.00 bits per heavy atom. The van der Waals surface area contributed by atoms with E-state index < -0.39 is 11.9 Å². The van der Waals surface area contributed by atoms with Gasteiger partial charge in [-0.3, -0.25) is 10.1 Å². The molecule has 0 unspecified atom stereocenters. The van der Waals surface area contributed by atoms with Crippen molar-refractivity contribution >= 4 is 34.4 Å². The van der Waals surface area contributed by atoms with Crippen LogP contribution in [0.5, 0.6) is 5.75 Å². The minimum Gasteiger partial charge on any atom is -0.494 e. The molecular formula is C20H21N3O4S. The Morgan fingerprint density at radius 3 is 2.61 bits per heavy atom. The highest BCUT2D eigenvalue weighted by Gasteiger charge is 2.18. The molecule has 1 aromatic heterocycles. The molecule has 1 N–H and O–H groups in total. The average Bonchev–Trinajstić information content (AvgIpc) is 3.05. The molecule has 2 rings (SSSR count). The molecule has 0 atom stereocenters. The lowest BCUT2D eigenvalue weighted by molar-refractivity contribution is -0.112. The normalized spacial score (nSPS) is 10.9. The monoisotopic (exact) mass is 399 g/mol. The molecule has 0 aliphatic heterocycles. The molecule has 1 heterocycles. The number of esters is 1. The molecule has 0 saturated carbocycles. The standard InChI is InChI=1S/C20H21N3O4S/c1-4-10-27-16-8-6-14(7-9-16)11-15(12-21)18(24)23-20-22-13(3)17(28-20)19(25)26-5-2/h6-9,11H,4-5,10H2,1-3H3,(H,22,23,24)/b15-11-. The van der Waals surface area contributed by atoms with Gasteiger partial charge < -0.3 is 9.47 Å². The Hall–Kier alpha value is -3.18. The molecule has 0 fully saturated rings. The highest BCUT2D eigenvalue weighted by atomic mass is 32.1. The molecule has 146 valence electrons. The number of hydrogen-bond acceptors (Lipinski definition) is 7. The van der Waals surface area contributed by atoms with Crippen molar-refractivity contribution in [3.63, 3.8) is 0 Å². The molecule has 0 aliphatic rings. The molecule has 0 bridgehead atoms. The molecule has 0 radical (unpaired) electrons. The van der Waals surface area contributed by atoms with Crippen LogP contribution in [0.3, 0.4) is 0 Å². The van der Waals surface area contributed by atoms with Gasteiger partial charge in [-0.05, 0) is 44.0 Å². The fourth-order valence-corrected chi connectivity index (χ4v) is 3.05. The Balaban J connectivity index is 2.11. The highest BCUT2D eigenvalue weighted by Crippen LogP contribution is 2.24. The van der Waals surface area contributed by atoms with Gasteiger partial charge in [0.05, 0.1) is 18.9 Å². The topological polar surface area (TPSA) is 101 Å². The predicted molar refractivity (Wildman–Crippen MR) is 107 cm³/mol. The summed E-state index contributed by atoms with van der Waals surface area (Å²) in [7, 11) is 0. The van der Waals surface area contributed by atoms with Crippen LogP contribution in [0.1, 0.15) is 41.2 Å². The number of amides is 1. The van der Waals surface area contributed by atoms with Crippen molar-refractivity contribution in [3.8, 4) is 11.8 Å². The van der Waals surface area contributed by atoms with E-state index in [1.54, 1.807) is 38.1 Å². The summed E-state index contributed by atoms with van der Waals surface area (Å²) in [6, 6.07) is 8.98. The number of nitrogens with one attached hydrogen (secondary N) is 1. The molecule has 8 heteroatoms. The van der Waals surface area contributed by atoms with Crippen molar-refractivity contribution in [3.05, 3.63) is 46.0 Å². The summed E-state index contributed by atoms with van der Waals surface area (Å²) >= 11 is 1.01. The Labute approximate surface area is 167 Å². The van der Waals surface area contributed by atoms with Gasteiger partial charge in [0.25, 0.3) is 5.91 Å². The number of nitrogens with zero attached hydrogens (tertiary/aromatic N) is 2. The molecule has 1 amide bonds. The van der Waals surface area contributed by atoms with E-state index in [1.807, 2.05) is 13.0 Å². The van der Waals surface area contributed by atoms with Gasteiger partial charge in [0.2, 0.25) is 0 Å². The minimum atomic E-state index is -0.599. The number of rotatable bonds is 8. The van der Waals surface area contributed by atoms with Crippen LogP contribution in [-0.4, -0.2) is 30.1 Å². The zero-order chi connectivity index (χ0) is 20.5. The maximum Gasteiger partial charge on any atom is 0.350 e. The van der Waals surface area contributed by atoms with Crippen LogP contribution < -0.4 is 10.1 Å². The van der Waals surface area contributed by atoms with Crippen LogP contribution in [-0.2, 0) is 9.53 Å². The lowest BCUT2D eigenvalue weighted by atomic mass is 10.1. The molecule has 0 saturated heterocycles. The fourth-order valence-electron chi connectivity index (χ4n) is 2.20. The van der Waals surface area contributed by atoms with Gasteiger partial charge >= 0.3 is 5.97 Å². The summed E-state index contributed by atoms with van der Waals surface area (Å²) in [5.74, 6) is -0.357. The lowest BCUT2D eigenvalue weighted by Gasteiger charge is -2.04. The number of thiazole rings is 1. The Morgan fingerprint density at radius 1 is 1.29 bits per heavy atom. The number of ether oxygens (including phenoxy) is 2. The van der Waals surface area contributed by atoms with Gasteiger partial charge in [-0.15, -0.1) is 0 Å². The predicted octanol–water partition coefficient (Wildman–Crippen LogP) is 3.96. The number of anilines is 1. The van der Waals surface area contributed by atoms with Crippen LogP contribution in [0.25, 0.3) is 6.08 Å². The third kappa shape index (κ3) is 5.66. The van der Waals surface area contributed by atoms with Gasteiger partial charge in [0.1, 0.15) is 22.3 Å². The number of aryl methyl sites for hydroxylation is 1. The first-order chi connectivity index (χ1) is 13.5. The maximum absolute atomic E-state index is 12.4. The van der Waals surface area contributed by atoms with E-state index in [0.29, 0.717) is 22.7 Å². The zero-order valence-electron chi connectivity index (χ0n) is 15.9. The number of hydrogen-bond donors (Lipinski definition) is 1. The van der Waals surface area contributed by atoms with E-state index in [0.717, 1.165) is 23.5 Å². The van der Waals surface area contributed by atoms with Gasteiger partial charge in [0.15, 0.2) is 5.13 Å². The van der Waals surface area contributed by atoms with E-state index in [4.69, 9.17) is 9.47 Å². The number of nitriles is 1. The van der Waals surface area contributed by atoms with Gasteiger partial charge in [-0.25, -0.2) is 9.78 Å². The first-order valence-electron chi connectivity index (χ1n) is 8.79. The van der Waals surface area contributed by atoms with Crippen molar-refractivity contribution in [2.24, 2.45) is 0 Å². The highest BCUT2D eigenvalue weighted by molar-refractivity contribution is 7.17. The summed E-state index contributed by atoms with van der Waals surface area (Å²) < 4.78 is 10.5. The molecule has 2 aromatic rings. The summed E-state index contributed by atoms with van der Waals surface area (Å²) in [5.41, 5.74) is 1.08. The molecule has 0 aliphatic carbocycles. The van der Waals surface area contributed by atoms with E-state index >= 15 is 0 Å². The Bertz CT molecular complexity index is 911. The summed E-state index contributed by atoms with van der Waals surface area (Å²) in [6.07, 6.45) is 2.39. The largest absolute Gasteiger partial charge is 0.494 e. The van der Waals surface area contributed by atoms with E-state index in [1.165, 1.54) is 6.08 Å². The molecule has 0 spiro atoms. The van der Waals surface area contributed by atoms with Crippen LogP contribution in [0.4, 0.5) is 5.13 Å². The first kappa shape index (κ1) is 21.1. The molecule has 1 aromatic carbocycles. The van der Waals surface area contributed by atoms with E-state index in [-0.39, 0.29) is 17.3 Å².